The van der Waals surface area contributed by atoms with Gasteiger partial charge in [0.15, 0.2) is 6.61 Å². The van der Waals surface area contributed by atoms with E-state index in [2.05, 4.69) is 0 Å². The maximum Gasteiger partial charge on any atom is 0.341 e. The number of anilines is 1. The summed E-state index contributed by atoms with van der Waals surface area (Å²) in [6.07, 6.45) is 0. The van der Waals surface area contributed by atoms with Crippen molar-refractivity contribution >= 4 is 17.6 Å². The van der Waals surface area contributed by atoms with Crippen LogP contribution >= 0.6 is 0 Å². The average Bonchev–Trinajstić information content (AvgIpc) is 2.46. The van der Waals surface area contributed by atoms with Crippen molar-refractivity contribution in [2.45, 2.75) is 20.8 Å². The van der Waals surface area contributed by atoms with Crippen molar-refractivity contribution in [3.63, 3.8) is 0 Å². The third-order valence-corrected chi connectivity index (χ3v) is 2.97. The lowest BCUT2D eigenvalue weighted by Gasteiger charge is -2.19. The van der Waals surface area contributed by atoms with Crippen molar-refractivity contribution in [2.75, 3.05) is 32.0 Å². The molecular weight excluding hydrogens is 272 g/mol. The van der Waals surface area contributed by atoms with E-state index in [4.69, 9.17) is 15.2 Å². The first kappa shape index (κ1) is 16.8. The summed E-state index contributed by atoms with van der Waals surface area (Å²) in [5.74, 6) is -0.381. The van der Waals surface area contributed by atoms with E-state index in [0.29, 0.717) is 18.8 Å². The third kappa shape index (κ3) is 4.66. The van der Waals surface area contributed by atoms with Gasteiger partial charge in [-0.3, -0.25) is 4.79 Å². The van der Waals surface area contributed by atoms with Crippen LogP contribution in [0.15, 0.2) is 18.2 Å². The number of benzene rings is 1. The lowest BCUT2D eigenvalue weighted by atomic mass is 10.2. The number of hydrogen-bond acceptors (Lipinski definition) is 5. The second kappa shape index (κ2) is 8.14. The number of nitrogens with zero attached hydrogens (tertiary/aromatic N) is 1. The van der Waals surface area contributed by atoms with Crippen LogP contribution in [-0.2, 0) is 9.53 Å². The highest BCUT2D eigenvalue weighted by Gasteiger charge is 2.16. The quantitative estimate of drug-likeness (QED) is 0.611. The second-order valence-corrected chi connectivity index (χ2v) is 4.33. The molecule has 1 rings (SSSR count). The smallest absolute Gasteiger partial charge is 0.341 e. The summed E-state index contributed by atoms with van der Waals surface area (Å²) in [6.45, 7) is 6.86. The molecule has 0 unspecified atom stereocenters. The van der Waals surface area contributed by atoms with Crippen molar-refractivity contribution in [2.24, 2.45) is 0 Å². The van der Waals surface area contributed by atoms with E-state index in [1.54, 1.807) is 17.9 Å². The zero-order chi connectivity index (χ0) is 15.8. The van der Waals surface area contributed by atoms with Crippen LogP contribution in [0.3, 0.4) is 0 Å². The van der Waals surface area contributed by atoms with Gasteiger partial charge in [-0.05, 0) is 32.9 Å². The number of ether oxygens (including phenoxy) is 2. The summed E-state index contributed by atoms with van der Waals surface area (Å²) < 4.78 is 10.4. The zero-order valence-electron chi connectivity index (χ0n) is 12.7. The van der Waals surface area contributed by atoms with Crippen LogP contribution in [0.2, 0.25) is 0 Å². The van der Waals surface area contributed by atoms with E-state index in [-0.39, 0.29) is 30.4 Å². The van der Waals surface area contributed by atoms with Crippen molar-refractivity contribution in [3.8, 4) is 5.75 Å². The molecule has 0 spiro atoms. The topological polar surface area (TPSA) is 81.9 Å². The highest BCUT2D eigenvalue weighted by molar-refractivity contribution is 5.93. The Morgan fingerprint density at radius 3 is 2.43 bits per heavy atom. The molecule has 0 aromatic heterocycles. The molecule has 0 bridgehead atoms. The highest BCUT2D eigenvalue weighted by atomic mass is 16.5. The van der Waals surface area contributed by atoms with E-state index >= 15 is 0 Å². The number of carbonyl (C=O) groups excluding carboxylic acids is 2. The van der Waals surface area contributed by atoms with Crippen LogP contribution < -0.4 is 10.5 Å². The Hall–Kier alpha value is -2.24. The first-order chi connectivity index (χ1) is 10.0. The molecule has 0 saturated heterocycles. The molecular formula is C15H22N2O4. The molecule has 1 aromatic rings. The predicted octanol–water partition coefficient (Wildman–Crippen LogP) is 1.69. The lowest BCUT2D eigenvalue weighted by Crippen LogP contribution is -2.34. The Kier molecular flexibility index (Phi) is 6.52. The van der Waals surface area contributed by atoms with Gasteiger partial charge in [0.25, 0.3) is 5.91 Å². The van der Waals surface area contributed by atoms with Crippen LogP contribution in [-0.4, -0.2) is 43.1 Å². The average molecular weight is 294 g/mol. The number of nitrogens with two attached hydrogens (primary N) is 1. The zero-order valence-corrected chi connectivity index (χ0v) is 12.7. The number of nitrogen functional groups attached to an aromatic ring is 1. The number of hydrogen-bond donors (Lipinski definition) is 1. The third-order valence-electron chi connectivity index (χ3n) is 2.97. The van der Waals surface area contributed by atoms with Gasteiger partial charge in [0.1, 0.15) is 11.3 Å². The molecule has 1 aromatic carbocycles. The fraction of sp³-hybridized carbons (Fsp3) is 0.467. The first-order valence-electron chi connectivity index (χ1n) is 7.00. The van der Waals surface area contributed by atoms with Gasteiger partial charge in [0.05, 0.1) is 6.61 Å². The largest absolute Gasteiger partial charge is 0.483 e. The minimum Gasteiger partial charge on any atom is -0.483 e. The fourth-order valence-corrected chi connectivity index (χ4v) is 1.84. The maximum absolute atomic E-state index is 11.9. The van der Waals surface area contributed by atoms with E-state index in [9.17, 15) is 9.59 Å². The molecule has 0 saturated carbocycles. The molecule has 0 radical (unpaired) electrons. The van der Waals surface area contributed by atoms with E-state index < -0.39 is 5.97 Å². The van der Waals surface area contributed by atoms with Gasteiger partial charge in [0.2, 0.25) is 0 Å². The molecule has 6 heteroatoms. The van der Waals surface area contributed by atoms with Crippen molar-refractivity contribution < 1.29 is 19.1 Å². The second-order valence-electron chi connectivity index (χ2n) is 4.33. The fourth-order valence-electron chi connectivity index (χ4n) is 1.84. The molecule has 21 heavy (non-hydrogen) atoms. The van der Waals surface area contributed by atoms with E-state index in [1.807, 2.05) is 13.8 Å². The van der Waals surface area contributed by atoms with Gasteiger partial charge >= 0.3 is 5.97 Å². The van der Waals surface area contributed by atoms with Crippen LogP contribution in [0.5, 0.6) is 5.75 Å². The molecule has 1 amide bonds. The minimum absolute atomic E-state index is 0.141. The highest BCUT2D eigenvalue weighted by Crippen LogP contribution is 2.23. The van der Waals surface area contributed by atoms with Gasteiger partial charge in [-0.1, -0.05) is 0 Å². The predicted molar refractivity (Wildman–Crippen MR) is 80.2 cm³/mol. The number of carbonyl (C=O) groups is 2. The Labute approximate surface area is 124 Å². The summed E-state index contributed by atoms with van der Waals surface area (Å²) in [6, 6.07) is 4.64. The summed E-state index contributed by atoms with van der Waals surface area (Å²) in [4.78, 5) is 25.4. The summed E-state index contributed by atoms with van der Waals surface area (Å²) in [5.41, 5.74) is 6.41. The number of rotatable bonds is 7. The van der Waals surface area contributed by atoms with Crippen molar-refractivity contribution in [1.29, 1.82) is 0 Å². The minimum atomic E-state index is -0.497. The summed E-state index contributed by atoms with van der Waals surface area (Å²) in [7, 11) is 0. The first-order valence-corrected chi connectivity index (χ1v) is 7.00. The molecule has 116 valence electrons. The van der Waals surface area contributed by atoms with Crippen LogP contribution in [0.1, 0.15) is 31.1 Å². The van der Waals surface area contributed by atoms with Gasteiger partial charge in [-0.15, -0.1) is 0 Å². The number of amides is 1. The van der Waals surface area contributed by atoms with Crippen molar-refractivity contribution in [3.05, 3.63) is 23.8 Å². The Balaban J connectivity index is 2.84. The SMILES string of the molecule is CCOC(=O)c1ccc(N)cc1OCC(=O)N(CC)CC. The van der Waals surface area contributed by atoms with Crippen LogP contribution in [0, 0.1) is 0 Å². The van der Waals surface area contributed by atoms with E-state index in [0.717, 1.165) is 0 Å². The normalized spacial score (nSPS) is 10.0. The van der Waals surface area contributed by atoms with Gasteiger partial charge in [-0.2, -0.15) is 0 Å². The lowest BCUT2D eigenvalue weighted by molar-refractivity contribution is -0.133. The number of esters is 1. The Bertz CT molecular complexity index is 498. The van der Waals surface area contributed by atoms with Gasteiger partial charge in [-0.25, -0.2) is 4.79 Å². The molecule has 0 aliphatic heterocycles. The molecule has 0 fully saturated rings. The Morgan fingerprint density at radius 2 is 1.86 bits per heavy atom. The standard InChI is InChI=1S/C15H22N2O4/c1-4-17(5-2)14(18)10-21-13-9-11(16)7-8-12(13)15(19)20-6-3/h7-9H,4-6,10,16H2,1-3H3. The number of likely N-dealkylation sites (N-methyl/N-ethyl adjacent to an activating group) is 1. The molecule has 0 aliphatic rings. The van der Waals surface area contributed by atoms with Gasteiger partial charge < -0.3 is 20.1 Å². The van der Waals surface area contributed by atoms with Crippen molar-refractivity contribution in [1.82, 2.24) is 4.90 Å². The van der Waals surface area contributed by atoms with Gasteiger partial charge in [0, 0.05) is 24.8 Å². The summed E-state index contributed by atoms with van der Waals surface area (Å²) >= 11 is 0. The van der Waals surface area contributed by atoms with Crippen LogP contribution in [0.4, 0.5) is 5.69 Å². The maximum atomic E-state index is 11.9. The van der Waals surface area contributed by atoms with Crippen LogP contribution in [0.25, 0.3) is 0 Å². The summed E-state index contributed by atoms with van der Waals surface area (Å²) in [5, 5.41) is 0. The molecule has 0 atom stereocenters. The van der Waals surface area contributed by atoms with E-state index in [1.165, 1.54) is 12.1 Å². The molecule has 6 nitrogen and oxygen atoms in total. The Morgan fingerprint density at radius 1 is 1.19 bits per heavy atom. The molecule has 0 heterocycles. The molecule has 0 aliphatic carbocycles. The molecule has 2 N–H and O–H groups in total. The monoisotopic (exact) mass is 294 g/mol.